The molecule has 1 aromatic carbocycles. The van der Waals surface area contributed by atoms with Gasteiger partial charge in [0.2, 0.25) is 0 Å². The van der Waals surface area contributed by atoms with E-state index in [1.807, 2.05) is 43.3 Å². The predicted molar refractivity (Wildman–Crippen MR) is 65.9 cm³/mol. The Morgan fingerprint density at radius 1 is 1.31 bits per heavy atom. The van der Waals surface area contributed by atoms with Crippen LogP contribution in [-0.2, 0) is 9.53 Å². The average molecular weight is 222 g/mol. The van der Waals surface area contributed by atoms with Gasteiger partial charge in [-0.3, -0.25) is 0 Å². The largest absolute Gasteiger partial charge is 0.467 e. The van der Waals surface area contributed by atoms with Crippen molar-refractivity contribution >= 4 is 17.3 Å². The van der Waals surface area contributed by atoms with Crippen LogP contribution in [0.1, 0.15) is 6.92 Å². The van der Waals surface area contributed by atoms with Crippen LogP contribution in [0.5, 0.6) is 0 Å². The quantitative estimate of drug-likeness (QED) is 0.788. The summed E-state index contributed by atoms with van der Waals surface area (Å²) in [4.78, 5) is 13.2. The fraction of sp³-hybridized carbons (Fsp3) is 0.417. The molecule has 4 heteroatoms. The van der Waals surface area contributed by atoms with Crippen LogP contribution in [0.15, 0.2) is 24.3 Å². The lowest BCUT2D eigenvalue weighted by Gasteiger charge is -2.15. The molecule has 1 unspecified atom stereocenters. The minimum atomic E-state index is -0.338. The molecule has 1 N–H and O–H groups in total. The van der Waals surface area contributed by atoms with Gasteiger partial charge in [0, 0.05) is 25.5 Å². The molecule has 0 aromatic heterocycles. The van der Waals surface area contributed by atoms with Crippen molar-refractivity contribution in [2.24, 2.45) is 0 Å². The van der Waals surface area contributed by atoms with Gasteiger partial charge in [-0.25, -0.2) is 4.79 Å². The maximum absolute atomic E-state index is 11.2. The summed E-state index contributed by atoms with van der Waals surface area (Å²) < 4.78 is 4.64. The highest BCUT2D eigenvalue weighted by atomic mass is 16.5. The first-order valence-corrected chi connectivity index (χ1v) is 5.16. The first-order chi connectivity index (χ1) is 7.54. The van der Waals surface area contributed by atoms with Crippen molar-refractivity contribution < 1.29 is 9.53 Å². The maximum Gasteiger partial charge on any atom is 0.327 e. The van der Waals surface area contributed by atoms with Crippen LogP contribution >= 0.6 is 0 Å². The molecule has 16 heavy (non-hydrogen) atoms. The lowest BCUT2D eigenvalue weighted by Crippen LogP contribution is -2.27. The normalized spacial score (nSPS) is 11.8. The fourth-order valence-electron chi connectivity index (χ4n) is 1.34. The van der Waals surface area contributed by atoms with Crippen LogP contribution in [0.25, 0.3) is 0 Å². The molecule has 0 spiro atoms. The summed E-state index contributed by atoms with van der Waals surface area (Å²) >= 11 is 0. The summed E-state index contributed by atoms with van der Waals surface area (Å²) in [5.41, 5.74) is 2.03. The Labute approximate surface area is 96.2 Å². The number of anilines is 2. The van der Waals surface area contributed by atoms with Crippen molar-refractivity contribution in [3.63, 3.8) is 0 Å². The Morgan fingerprint density at radius 3 is 2.31 bits per heavy atom. The molecule has 1 rings (SSSR count). The molecule has 0 bridgehead atoms. The molecule has 0 aliphatic rings. The van der Waals surface area contributed by atoms with Gasteiger partial charge in [0.1, 0.15) is 6.04 Å². The van der Waals surface area contributed by atoms with E-state index in [1.165, 1.54) is 7.11 Å². The maximum atomic E-state index is 11.2. The second-order valence-electron chi connectivity index (χ2n) is 3.83. The average Bonchev–Trinajstić information content (AvgIpc) is 2.28. The summed E-state index contributed by atoms with van der Waals surface area (Å²) in [5, 5.41) is 3.07. The van der Waals surface area contributed by atoms with Gasteiger partial charge in [-0.2, -0.15) is 0 Å². The standard InChI is InChI=1S/C12H18N2O2/c1-9(12(15)16-4)13-10-5-7-11(8-6-10)14(2)3/h5-9,13H,1-4H3. The zero-order valence-corrected chi connectivity index (χ0v) is 10.2. The number of hydrogen-bond donors (Lipinski definition) is 1. The number of carbonyl (C=O) groups excluding carboxylic acids is 1. The van der Waals surface area contributed by atoms with Crippen molar-refractivity contribution in [2.45, 2.75) is 13.0 Å². The number of carbonyl (C=O) groups is 1. The summed E-state index contributed by atoms with van der Waals surface area (Å²) in [5.74, 6) is -0.267. The number of methoxy groups -OCH3 is 1. The van der Waals surface area contributed by atoms with Crippen LogP contribution in [0.4, 0.5) is 11.4 Å². The summed E-state index contributed by atoms with van der Waals surface area (Å²) in [7, 11) is 5.36. The van der Waals surface area contributed by atoms with E-state index >= 15 is 0 Å². The van der Waals surface area contributed by atoms with E-state index in [4.69, 9.17) is 0 Å². The first kappa shape index (κ1) is 12.4. The molecule has 0 amide bonds. The van der Waals surface area contributed by atoms with Crippen molar-refractivity contribution in [1.82, 2.24) is 0 Å². The molecule has 0 heterocycles. The number of esters is 1. The van der Waals surface area contributed by atoms with Gasteiger partial charge in [0.05, 0.1) is 7.11 Å². The first-order valence-electron chi connectivity index (χ1n) is 5.16. The van der Waals surface area contributed by atoms with Crippen LogP contribution in [0.3, 0.4) is 0 Å². The zero-order valence-electron chi connectivity index (χ0n) is 10.2. The second kappa shape index (κ2) is 5.39. The molecule has 0 radical (unpaired) electrons. The van der Waals surface area contributed by atoms with Gasteiger partial charge in [0.25, 0.3) is 0 Å². The van der Waals surface area contributed by atoms with Gasteiger partial charge >= 0.3 is 5.97 Å². The Bertz CT molecular complexity index is 347. The lowest BCUT2D eigenvalue weighted by atomic mass is 10.2. The van der Waals surface area contributed by atoms with Crippen LogP contribution in [0, 0.1) is 0 Å². The van der Waals surface area contributed by atoms with E-state index in [0.29, 0.717) is 0 Å². The Morgan fingerprint density at radius 2 is 1.88 bits per heavy atom. The van der Waals surface area contributed by atoms with Gasteiger partial charge in [-0.05, 0) is 31.2 Å². The van der Waals surface area contributed by atoms with E-state index in [1.54, 1.807) is 6.92 Å². The molecule has 1 aromatic rings. The third kappa shape index (κ3) is 3.15. The molecule has 88 valence electrons. The number of rotatable bonds is 4. The molecule has 1 atom stereocenters. The van der Waals surface area contributed by atoms with Gasteiger partial charge in [-0.1, -0.05) is 0 Å². The number of benzene rings is 1. The fourth-order valence-corrected chi connectivity index (χ4v) is 1.34. The molecule has 0 saturated carbocycles. The van der Waals surface area contributed by atoms with Gasteiger partial charge < -0.3 is 15.0 Å². The molecule has 0 fully saturated rings. The van der Waals surface area contributed by atoms with Crippen molar-refractivity contribution in [3.05, 3.63) is 24.3 Å². The SMILES string of the molecule is COC(=O)C(C)Nc1ccc(N(C)C)cc1. The topological polar surface area (TPSA) is 41.6 Å². The van der Waals surface area contributed by atoms with E-state index < -0.39 is 0 Å². The monoisotopic (exact) mass is 222 g/mol. The Balaban J connectivity index is 2.65. The minimum Gasteiger partial charge on any atom is -0.467 e. The highest BCUT2D eigenvalue weighted by Crippen LogP contribution is 2.16. The third-order valence-corrected chi connectivity index (χ3v) is 2.32. The van der Waals surface area contributed by atoms with Crippen molar-refractivity contribution in [1.29, 1.82) is 0 Å². The van der Waals surface area contributed by atoms with Gasteiger partial charge in [0.15, 0.2) is 0 Å². The Kier molecular flexibility index (Phi) is 4.17. The second-order valence-corrected chi connectivity index (χ2v) is 3.83. The number of hydrogen-bond acceptors (Lipinski definition) is 4. The minimum absolute atomic E-state index is 0.267. The molecule has 0 aliphatic heterocycles. The summed E-state index contributed by atoms with van der Waals surface area (Å²) in [6.45, 7) is 1.77. The van der Waals surface area contributed by atoms with Crippen LogP contribution < -0.4 is 10.2 Å². The third-order valence-electron chi connectivity index (χ3n) is 2.32. The van der Waals surface area contributed by atoms with E-state index in [-0.39, 0.29) is 12.0 Å². The highest BCUT2D eigenvalue weighted by molar-refractivity contribution is 5.78. The van der Waals surface area contributed by atoms with E-state index in [0.717, 1.165) is 11.4 Å². The molecule has 0 aliphatic carbocycles. The van der Waals surface area contributed by atoms with Crippen LogP contribution in [0.2, 0.25) is 0 Å². The number of nitrogens with one attached hydrogen (secondary N) is 1. The number of ether oxygens (including phenoxy) is 1. The van der Waals surface area contributed by atoms with E-state index in [2.05, 4.69) is 10.1 Å². The number of nitrogens with zero attached hydrogens (tertiary/aromatic N) is 1. The van der Waals surface area contributed by atoms with Crippen molar-refractivity contribution in [2.75, 3.05) is 31.4 Å². The summed E-state index contributed by atoms with van der Waals surface area (Å²) in [6.07, 6.45) is 0. The predicted octanol–water partition coefficient (Wildman–Crippen LogP) is 1.73. The molecular weight excluding hydrogens is 204 g/mol. The molecule has 0 saturated heterocycles. The Hall–Kier alpha value is -1.71. The zero-order chi connectivity index (χ0) is 12.1. The molecular formula is C12H18N2O2. The lowest BCUT2D eigenvalue weighted by molar-refractivity contribution is -0.141. The van der Waals surface area contributed by atoms with Crippen LogP contribution in [-0.4, -0.2) is 33.2 Å². The van der Waals surface area contributed by atoms with Crippen molar-refractivity contribution in [3.8, 4) is 0 Å². The highest BCUT2D eigenvalue weighted by Gasteiger charge is 2.11. The molecule has 4 nitrogen and oxygen atoms in total. The van der Waals surface area contributed by atoms with E-state index in [9.17, 15) is 4.79 Å². The smallest absolute Gasteiger partial charge is 0.327 e. The van der Waals surface area contributed by atoms with Gasteiger partial charge in [-0.15, -0.1) is 0 Å². The summed E-state index contributed by atoms with van der Waals surface area (Å²) in [6, 6.07) is 7.53.